The van der Waals surface area contributed by atoms with Crippen molar-refractivity contribution in [3.63, 3.8) is 0 Å². The number of nitrogens with one attached hydrogen (secondary N) is 1. The minimum Gasteiger partial charge on any atom is -0.313 e. The molecule has 2 unspecified atom stereocenters. The monoisotopic (exact) mass is 303 g/mol. The summed E-state index contributed by atoms with van der Waals surface area (Å²) in [5.74, 6) is 0.963. The highest BCUT2D eigenvalue weighted by Crippen LogP contribution is 2.45. The summed E-state index contributed by atoms with van der Waals surface area (Å²) in [7, 11) is 0. The molecule has 0 fully saturated rings. The van der Waals surface area contributed by atoms with Gasteiger partial charge in [-0.2, -0.15) is 13.2 Å². The number of halogens is 3. The molecule has 1 aromatic carbocycles. The second kappa shape index (κ2) is 5.60. The van der Waals surface area contributed by atoms with Crippen molar-refractivity contribution in [2.75, 3.05) is 12.3 Å². The molecular formula is C15H20F3NS. The predicted octanol–water partition coefficient (Wildman–Crippen LogP) is 4.15. The fraction of sp³-hybridized carbons (Fsp3) is 0.600. The molecule has 20 heavy (non-hydrogen) atoms. The molecule has 112 valence electrons. The Kier molecular flexibility index (Phi) is 4.40. The molecule has 0 bridgehead atoms. The first-order chi connectivity index (χ1) is 9.30. The summed E-state index contributed by atoms with van der Waals surface area (Å²) in [4.78, 5) is 1.00. The minimum absolute atomic E-state index is 0.353. The third-order valence-electron chi connectivity index (χ3n) is 4.26. The predicted molar refractivity (Wildman–Crippen MR) is 77.4 cm³/mol. The molecule has 1 heterocycles. The SMILES string of the molecule is CCNC(C)C(C)(c1ccc2c(c1)SCC2)C(F)(F)F. The number of likely N-dealkylation sites (N-methyl/N-ethyl adjacent to an activating group) is 1. The maximum atomic E-state index is 13.7. The van der Waals surface area contributed by atoms with Gasteiger partial charge in [0.1, 0.15) is 5.41 Å². The van der Waals surface area contributed by atoms with E-state index in [1.54, 1.807) is 30.8 Å². The van der Waals surface area contributed by atoms with Crippen LogP contribution in [0.4, 0.5) is 13.2 Å². The zero-order chi connectivity index (χ0) is 15.0. The highest BCUT2D eigenvalue weighted by molar-refractivity contribution is 7.99. The van der Waals surface area contributed by atoms with Crippen molar-refractivity contribution in [3.05, 3.63) is 29.3 Å². The van der Waals surface area contributed by atoms with E-state index in [1.165, 1.54) is 12.5 Å². The Morgan fingerprint density at radius 2 is 2.05 bits per heavy atom. The smallest absolute Gasteiger partial charge is 0.313 e. The lowest BCUT2D eigenvalue weighted by Crippen LogP contribution is -2.54. The molecule has 1 aliphatic heterocycles. The first-order valence-electron chi connectivity index (χ1n) is 6.87. The number of hydrogen-bond acceptors (Lipinski definition) is 2. The Labute approximate surface area is 122 Å². The van der Waals surface area contributed by atoms with Crippen molar-refractivity contribution in [3.8, 4) is 0 Å². The van der Waals surface area contributed by atoms with Crippen LogP contribution in [-0.4, -0.2) is 24.5 Å². The topological polar surface area (TPSA) is 12.0 Å². The number of alkyl halides is 3. The van der Waals surface area contributed by atoms with Crippen LogP contribution < -0.4 is 5.32 Å². The number of aryl methyl sites for hydroxylation is 1. The lowest BCUT2D eigenvalue weighted by atomic mass is 9.75. The van der Waals surface area contributed by atoms with Crippen LogP contribution in [-0.2, 0) is 11.8 Å². The average Bonchev–Trinajstić information content (AvgIpc) is 2.83. The molecule has 1 nitrogen and oxygen atoms in total. The van der Waals surface area contributed by atoms with E-state index in [0.717, 1.165) is 17.1 Å². The van der Waals surface area contributed by atoms with Crippen LogP contribution in [0, 0.1) is 0 Å². The van der Waals surface area contributed by atoms with E-state index in [0.29, 0.717) is 12.1 Å². The van der Waals surface area contributed by atoms with Crippen molar-refractivity contribution < 1.29 is 13.2 Å². The maximum Gasteiger partial charge on any atom is 0.399 e. The Morgan fingerprint density at radius 1 is 1.35 bits per heavy atom. The molecule has 0 saturated heterocycles. The van der Waals surface area contributed by atoms with Crippen LogP contribution in [0.5, 0.6) is 0 Å². The average molecular weight is 303 g/mol. The van der Waals surface area contributed by atoms with Crippen molar-refractivity contribution in [2.45, 2.75) is 49.7 Å². The Balaban J connectivity index is 2.46. The van der Waals surface area contributed by atoms with Gasteiger partial charge in [0.25, 0.3) is 0 Å². The molecule has 0 radical (unpaired) electrons. The summed E-state index contributed by atoms with van der Waals surface area (Å²) in [6.07, 6.45) is -3.34. The van der Waals surface area contributed by atoms with Gasteiger partial charge in [0, 0.05) is 16.7 Å². The zero-order valence-electron chi connectivity index (χ0n) is 12.0. The summed E-state index contributed by atoms with van der Waals surface area (Å²) < 4.78 is 41.0. The van der Waals surface area contributed by atoms with Crippen LogP contribution in [0.15, 0.2) is 23.1 Å². The van der Waals surface area contributed by atoms with Gasteiger partial charge in [-0.15, -0.1) is 11.8 Å². The summed E-state index contributed by atoms with van der Waals surface area (Å²) in [5, 5.41) is 2.93. The molecule has 0 aliphatic carbocycles. The van der Waals surface area contributed by atoms with E-state index in [2.05, 4.69) is 5.32 Å². The molecule has 2 rings (SSSR count). The van der Waals surface area contributed by atoms with Gasteiger partial charge < -0.3 is 5.32 Å². The lowest BCUT2D eigenvalue weighted by Gasteiger charge is -2.38. The van der Waals surface area contributed by atoms with Crippen molar-refractivity contribution >= 4 is 11.8 Å². The van der Waals surface area contributed by atoms with Gasteiger partial charge in [-0.3, -0.25) is 0 Å². The number of benzene rings is 1. The number of rotatable bonds is 4. The maximum absolute atomic E-state index is 13.7. The fourth-order valence-corrected chi connectivity index (χ4v) is 3.77. The quantitative estimate of drug-likeness (QED) is 0.896. The summed E-state index contributed by atoms with van der Waals surface area (Å²) in [6, 6.07) is 4.56. The first kappa shape index (κ1) is 15.7. The van der Waals surface area contributed by atoms with Gasteiger partial charge in [-0.05, 0) is 44.0 Å². The van der Waals surface area contributed by atoms with Crippen LogP contribution >= 0.6 is 11.8 Å². The van der Waals surface area contributed by atoms with Gasteiger partial charge in [-0.25, -0.2) is 0 Å². The molecule has 2 atom stereocenters. The molecular weight excluding hydrogens is 283 g/mol. The Morgan fingerprint density at radius 3 is 2.65 bits per heavy atom. The van der Waals surface area contributed by atoms with Gasteiger partial charge in [-0.1, -0.05) is 19.1 Å². The lowest BCUT2D eigenvalue weighted by molar-refractivity contribution is -0.193. The summed E-state index contributed by atoms with van der Waals surface area (Å²) >= 11 is 1.65. The first-order valence-corrected chi connectivity index (χ1v) is 7.85. The largest absolute Gasteiger partial charge is 0.399 e. The molecule has 5 heteroatoms. The number of fused-ring (bicyclic) bond motifs is 1. The van der Waals surface area contributed by atoms with Gasteiger partial charge in [0.2, 0.25) is 0 Å². The third kappa shape index (κ3) is 2.58. The second-order valence-corrected chi connectivity index (χ2v) is 6.54. The second-order valence-electron chi connectivity index (χ2n) is 5.40. The highest BCUT2D eigenvalue weighted by Gasteiger charge is 2.55. The number of thioether (sulfide) groups is 1. The van der Waals surface area contributed by atoms with Crippen molar-refractivity contribution in [1.82, 2.24) is 5.32 Å². The third-order valence-corrected chi connectivity index (χ3v) is 5.36. The van der Waals surface area contributed by atoms with Crippen LogP contribution in [0.2, 0.25) is 0 Å². The number of hydrogen-bond donors (Lipinski definition) is 1. The van der Waals surface area contributed by atoms with E-state index in [9.17, 15) is 13.2 Å². The molecule has 0 aromatic heterocycles. The van der Waals surface area contributed by atoms with Crippen molar-refractivity contribution in [1.29, 1.82) is 0 Å². The van der Waals surface area contributed by atoms with Gasteiger partial charge in [0.05, 0.1) is 0 Å². The molecule has 1 N–H and O–H groups in total. The summed E-state index contributed by atoms with van der Waals surface area (Å²) in [6.45, 7) is 5.25. The molecule has 1 aromatic rings. The van der Waals surface area contributed by atoms with E-state index in [1.807, 2.05) is 13.0 Å². The Hall–Kier alpha value is -0.680. The van der Waals surface area contributed by atoms with Crippen LogP contribution in [0.3, 0.4) is 0 Å². The molecule has 0 amide bonds. The van der Waals surface area contributed by atoms with E-state index < -0.39 is 17.6 Å². The normalized spacial score (nSPS) is 19.5. The molecule has 0 saturated carbocycles. The summed E-state index contributed by atoms with van der Waals surface area (Å²) in [5.41, 5.74) is -0.354. The van der Waals surface area contributed by atoms with Crippen LogP contribution in [0.1, 0.15) is 31.9 Å². The zero-order valence-corrected chi connectivity index (χ0v) is 12.8. The highest BCUT2D eigenvalue weighted by atomic mass is 32.2. The van der Waals surface area contributed by atoms with Crippen LogP contribution in [0.25, 0.3) is 0 Å². The molecule has 1 aliphatic rings. The van der Waals surface area contributed by atoms with Gasteiger partial charge in [0.15, 0.2) is 0 Å². The van der Waals surface area contributed by atoms with Gasteiger partial charge >= 0.3 is 6.18 Å². The van der Waals surface area contributed by atoms with Crippen molar-refractivity contribution in [2.24, 2.45) is 0 Å². The standard InChI is InChI=1S/C15H20F3NS/c1-4-19-10(2)14(3,15(16,17)18)12-6-5-11-7-8-20-13(11)9-12/h5-6,9-10,19H,4,7-8H2,1-3H3. The van der Waals surface area contributed by atoms with E-state index in [-0.39, 0.29) is 0 Å². The van der Waals surface area contributed by atoms with E-state index in [4.69, 9.17) is 0 Å². The van der Waals surface area contributed by atoms with E-state index >= 15 is 0 Å². The minimum atomic E-state index is -4.29. The Bertz CT molecular complexity index is 486. The fourth-order valence-electron chi connectivity index (χ4n) is 2.66. The molecule has 0 spiro atoms.